The van der Waals surface area contributed by atoms with Gasteiger partial charge in [-0.1, -0.05) is 0 Å². The predicted molar refractivity (Wildman–Crippen MR) is 131 cm³/mol. The van der Waals surface area contributed by atoms with Crippen molar-refractivity contribution in [3.63, 3.8) is 0 Å². The van der Waals surface area contributed by atoms with E-state index in [1.807, 2.05) is 0 Å². The van der Waals surface area contributed by atoms with E-state index < -0.39 is 51.8 Å². The Kier molecular flexibility index (Phi) is 5.53. The third-order valence-electron chi connectivity index (χ3n) is 9.13. The summed E-state index contributed by atoms with van der Waals surface area (Å²) in [5, 5.41) is 0. The number of amides is 1. The van der Waals surface area contributed by atoms with Crippen LogP contribution in [0.1, 0.15) is 100 Å². The molecule has 0 spiro atoms. The highest BCUT2D eigenvalue weighted by molar-refractivity contribution is 5.98. The zero-order chi connectivity index (χ0) is 27.3. The van der Waals surface area contributed by atoms with Gasteiger partial charge in [0.1, 0.15) is 40.2 Å². The minimum Gasteiger partial charge on any atom is -0.492 e. The Morgan fingerprint density at radius 1 is 1.00 bits per heavy atom. The van der Waals surface area contributed by atoms with Gasteiger partial charge in [-0.05, 0) is 76.8 Å². The van der Waals surface area contributed by atoms with E-state index >= 15 is 17.6 Å². The molecule has 1 aromatic carbocycles. The highest BCUT2D eigenvalue weighted by Crippen LogP contribution is 2.74. The molecule has 1 heterocycles. The summed E-state index contributed by atoms with van der Waals surface area (Å²) in [6.07, 6.45) is 1.61. The number of halogens is 4. The first kappa shape index (κ1) is 25.9. The molecule has 4 bridgehead atoms. The quantitative estimate of drug-likeness (QED) is 0.324. The number of benzene rings is 1. The summed E-state index contributed by atoms with van der Waals surface area (Å²) < 4.78 is 73.0. The zero-order valence-corrected chi connectivity index (χ0v) is 22.2. The van der Waals surface area contributed by atoms with Crippen molar-refractivity contribution < 1.29 is 36.6 Å². The maximum absolute atomic E-state index is 15.8. The van der Waals surface area contributed by atoms with Crippen LogP contribution in [0.3, 0.4) is 0 Å². The number of hydrogen-bond acceptors (Lipinski definition) is 4. The first-order chi connectivity index (χ1) is 17.6. The fraction of sp³-hybridized carbons (Fsp3) is 0.724. The second kappa shape index (κ2) is 8.10. The molecule has 5 saturated carbocycles. The molecule has 0 aromatic heterocycles. The molecular formula is C29H35F4NO4. The van der Waals surface area contributed by atoms with E-state index in [0.717, 1.165) is 18.9 Å². The van der Waals surface area contributed by atoms with Crippen molar-refractivity contribution in [2.45, 2.75) is 113 Å². The molecular weight excluding hydrogens is 502 g/mol. The lowest BCUT2D eigenvalue weighted by Crippen LogP contribution is -2.43. The molecule has 9 heteroatoms. The third-order valence-corrected chi connectivity index (χ3v) is 9.13. The fourth-order valence-corrected chi connectivity index (χ4v) is 7.78. The van der Waals surface area contributed by atoms with Gasteiger partial charge in [0.15, 0.2) is 0 Å². The average molecular weight is 538 g/mol. The Bertz CT molecular complexity index is 1170. The van der Waals surface area contributed by atoms with Crippen molar-refractivity contribution in [3.8, 4) is 5.75 Å². The molecule has 2 unspecified atom stereocenters. The number of hydrogen-bond donors (Lipinski definition) is 0. The van der Waals surface area contributed by atoms with Gasteiger partial charge in [0, 0.05) is 37.3 Å². The molecule has 7 rings (SSSR count). The van der Waals surface area contributed by atoms with Gasteiger partial charge >= 0.3 is 5.97 Å². The topological polar surface area (TPSA) is 55.8 Å². The molecule has 6 aliphatic rings. The summed E-state index contributed by atoms with van der Waals surface area (Å²) >= 11 is 0. The summed E-state index contributed by atoms with van der Waals surface area (Å²) in [5.41, 5.74) is -7.23. The van der Waals surface area contributed by atoms with Crippen molar-refractivity contribution in [1.29, 1.82) is 0 Å². The second-order valence-electron chi connectivity index (χ2n) is 13.6. The number of ether oxygens (including phenoxy) is 2. The van der Waals surface area contributed by atoms with E-state index in [9.17, 15) is 9.59 Å². The molecule has 1 saturated heterocycles. The SMILES string of the molecule is CC(C)(C)OC(=O)[C@@H]1CCCN1C(=O)c1cc(C2CC2)c(OCC23CC4(F)CC(F)(CC2(F)C4)C3)cc1F. The summed E-state index contributed by atoms with van der Waals surface area (Å²) in [4.78, 5) is 27.5. The number of esters is 1. The van der Waals surface area contributed by atoms with Crippen molar-refractivity contribution in [2.24, 2.45) is 5.41 Å². The molecule has 3 atom stereocenters. The van der Waals surface area contributed by atoms with Gasteiger partial charge in [-0.25, -0.2) is 22.4 Å². The Hall–Kier alpha value is -2.32. The number of carbonyl (C=O) groups excluding carboxylic acids is 2. The van der Waals surface area contributed by atoms with E-state index in [2.05, 4.69) is 0 Å². The minimum atomic E-state index is -1.98. The van der Waals surface area contributed by atoms with Gasteiger partial charge in [-0.2, -0.15) is 0 Å². The Balaban J connectivity index is 1.24. The monoisotopic (exact) mass is 537 g/mol. The largest absolute Gasteiger partial charge is 0.492 e. The van der Waals surface area contributed by atoms with E-state index in [-0.39, 0.29) is 55.9 Å². The lowest BCUT2D eigenvalue weighted by molar-refractivity contribution is -0.159. The molecule has 1 aliphatic heterocycles. The van der Waals surface area contributed by atoms with Crippen LogP contribution in [-0.4, -0.2) is 58.6 Å². The third kappa shape index (κ3) is 4.19. The van der Waals surface area contributed by atoms with Gasteiger partial charge in [0.2, 0.25) is 0 Å². The number of likely N-dealkylation sites (tertiary alicyclic amines) is 1. The maximum Gasteiger partial charge on any atom is 0.329 e. The van der Waals surface area contributed by atoms with Crippen LogP contribution in [0.15, 0.2) is 12.1 Å². The van der Waals surface area contributed by atoms with Crippen molar-refractivity contribution in [2.75, 3.05) is 13.2 Å². The van der Waals surface area contributed by atoms with Crippen LogP contribution in [0.4, 0.5) is 17.6 Å². The highest BCUT2D eigenvalue weighted by atomic mass is 19.2. The van der Waals surface area contributed by atoms with E-state index in [4.69, 9.17) is 9.47 Å². The molecule has 5 nitrogen and oxygen atoms in total. The zero-order valence-electron chi connectivity index (χ0n) is 22.2. The summed E-state index contributed by atoms with van der Waals surface area (Å²) in [6, 6.07) is 1.83. The maximum atomic E-state index is 15.8. The van der Waals surface area contributed by atoms with Gasteiger partial charge in [0.05, 0.1) is 12.2 Å². The van der Waals surface area contributed by atoms with Crippen LogP contribution < -0.4 is 4.74 Å². The molecule has 5 aliphatic carbocycles. The fourth-order valence-electron chi connectivity index (χ4n) is 7.78. The summed E-state index contributed by atoms with van der Waals surface area (Å²) in [7, 11) is 0. The Morgan fingerprint density at radius 3 is 2.26 bits per heavy atom. The van der Waals surface area contributed by atoms with E-state index in [1.165, 1.54) is 11.0 Å². The lowest BCUT2D eigenvalue weighted by Gasteiger charge is -2.38. The van der Waals surface area contributed by atoms with E-state index in [0.29, 0.717) is 24.9 Å². The lowest BCUT2D eigenvalue weighted by atomic mass is 9.73. The van der Waals surface area contributed by atoms with Gasteiger partial charge in [0.25, 0.3) is 5.91 Å². The first-order valence-corrected chi connectivity index (χ1v) is 13.7. The molecule has 0 N–H and O–H groups in total. The second-order valence-corrected chi connectivity index (χ2v) is 13.6. The summed E-state index contributed by atoms with van der Waals surface area (Å²) in [5.74, 6) is -1.65. The van der Waals surface area contributed by atoms with Crippen LogP contribution >= 0.6 is 0 Å². The number of alkyl halides is 3. The van der Waals surface area contributed by atoms with Gasteiger partial charge < -0.3 is 14.4 Å². The minimum absolute atomic E-state index is 0.0607. The molecule has 208 valence electrons. The van der Waals surface area contributed by atoms with Crippen LogP contribution in [0.5, 0.6) is 5.75 Å². The molecule has 6 fully saturated rings. The Morgan fingerprint density at radius 2 is 1.66 bits per heavy atom. The van der Waals surface area contributed by atoms with Crippen LogP contribution in [0.25, 0.3) is 0 Å². The molecule has 1 aromatic rings. The average Bonchev–Trinajstić information content (AvgIpc) is 3.41. The summed E-state index contributed by atoms with van der Waals surface area (Å²) in [6.45, 7) is 5.33. The molecule has 1 amide bonds. The number of rotatable bonds is 6. The molecule has 0 radical (unpaired) electrons. The van der Waals surface area contributed by atoms with E-state index in [1.54, 1.807) is 20.8 Å². The molecule has 38 heavy (non-hydrogen) atoms. The standard InChI is InChI=1S/C29H35F4NO4/c1-25(2,3)38-24(36)21-5-4-8-34(21)23(35)19-9-18(17-6-7-17)22(10-20(19)30)37-16-26-11-27(31)13-28(32,12-26)15-29(26,33)14-27/h9-10,17,21H,4-8,11-16H2,1-3H3/t21-,26?,27?,28?,29?/m0/s1. The van der Waals surface area contributed by atoms with Gasteiger partial charge in [-0.15, -0.1) is 0 Å². The first-order valence-electron chi connectivity index (χ1n) is 13.7. The van der Waals surface area contributed by atoms with Crippen molar-refractivity contribution in [1.82, 2.24) is 4.90 Å². The smallest absolute Gasteiger partial charge is 0.329 e. The van der Waals surface area contributed by atoms with Crippen molar-refractivity contribution in [3.05, 3.63) is 29.1 Å². The highest BCUT2D eigenvalue weighted by Gasteiger charge is 2.79. The Labute approximate surface area is 220 Å². The normalized spacial score (nSPS) is 37.7. The van der Waals surface area contributed by atoms with Crippen LogP contribution in [0, 0.1) is 11.2 Å². The van der Waals surface area contributed by atoms with Crippen LogP contribution in [-0.2, 0) is 9.53 Å². The van der Waals surface area contributed by atoms with Crippen molar-refractivity contribution >= 4 is 11.9 Å². The number of carbonyl (C=O) groups is 2. The predicted octanol–water partition coefficient (Wildman–Crippen LogP) is 6.13. The van der Waals surface area contributed by atoms with Gasteiger partial charge in [-0.3, -0.25) is 4.79 Å². The number of nitrogens with zero attached hydrogens (tertiary/aromatic N) is 1. The van der Waals surface area contributed by atoms with Crippen LogP contribution in [0.2, 0.25) is 0 Å².